The summed E-state index contributed by atoms with van der Waals surface area (Å²) >= 11 is 0. The maximum Gasteiger partial charge on any atom is -0.00235 e. The zero-order valence-corrected chi connectivity index (χ0v) is 23.4. The molecule has 182 valence electrons. The molecular formula is C34H46. The lowest BCUT2D eigenvalue weighted by Gasteiger charge is -2.22. The molecule has 0 aliphatic rings. The van der Waals surface area contributed by atoms with Gasteiger partial charge >= 0.3 is 0 Å². The summed E-state index contributed by atoms with van der Waals surface area (Å²) < 4.78 is 0. The highest BCUT2D eigenvalue weighted by Gasteiger charge is 2.16. The van der Waals surface area contributed by atoms with Crippen LogP contribution < -0.4 is 0 Å². The van der Waals surface area contributed by atoms with Gasteiger partial charge in [-0.25, -0.2) is 0 Å². The van der Waals surface area contributed by atoms with Crippen molar-refractivity contribution in [3.8, 4) is 0 Å². The molecule has 0 amide bonds. The molecule has 0 heteroatoms. The molecule has 0 saturated carbocycles. The molecule has 34 heavy (non-hydrogen) atoms. The van der Waals surface area contributed by atoms with Crippen molar-refractivity contribution in [2.75, 3.05) is 0 Å². The van der Waals surface area contributed by atoms with Gasteiger partial charge in [-0.05, 0) is 142 Å². The van der Waals surface area contributed by atoms with Gasteiger partial charge in [0.05, 0.1) is 0 Å². The summed E-state index contributed by atoms with van der Waals surface area (Å²) in [7, 11) is 0. The van der Waals surface area contributed by atoms with E-state index in [1.165, 1.54) is 79.6 Å². The first kappa shape index (κ1) is 27.6. The van der Waals surface area contributed by atoms with E-state index in [1.807, 2.05) is 0 Å². The molecule has 0 radical (unpaired) electrons. The second kappa shape index (κ2) is 12.2. The Hall–Kier alpha value is -2.60. The third kappa shape index (κ3) is 6.29. The number of allylic oxidation sites excluding steroid dienone is 6. The molecule has 0 atom stereocenters. The van der Waals surface area contributed by atoms with Crippen molar-refractivity contribution >= 4 is 11.6 Å². The molecule has 0 aliphatic carbocycles. The highest BCUT2D eigenvalue weighted by molar-refractivity contribution is 5.74. The molecule has 2 rings (SSSR count). The van der Waals surface area contributed by atoms with Gasteiger partial charge in [0, 0.05) is 0 Å². The SMILES string of the molecule is C=C(CC(=C(C)C)/C(C)=C/C=C/c1ccc(C(CC)CC)cc1)c1c(C)c(C)c(C)c(C)c1C. The Morgan fingerprint density at radius 3 is 1.76 bits per heavy atom. The Morgan fingerprint density at radius 1 is 0.794 bits per heavy atom. The Balaban J connectivity index is 2.25. The molecule has 0 fully saturated rings. The molecule has 0 spiro atoms. The highest BCUT2D eigenvalue weighted by Crippen LogP contribution is 2.35. The molecule has 0 N–H and O–H groups in total. The minimum absolute atomic E-state index is 0.668. The first-order chi connectivity index (χ1) is 16.0. The van der Waals surface area contributed by atoms with Gasteiger partial charge in [0.15, 0.2) is 0 Å². The molecule has 2 aromatic rings. The van der Waals surface area contributed by atoms with Crippen LogP contribution in [0.3, 0.4) is 0 Å². The molecule has 2 aromatic carbocycles. The van der Waals surface area contributed by atoms with Crippen molar-refractivity contribution in [3.63, 3.8) is 0 Å². The summed E-state index contributed by atoms with van der Waals surface area (Å²) in [5.74, 6) is 0.668. The predicted octanol–water partition coefficient (Wildman–Crippen LogP) is 10.5. The summed E-state index contributed by atoms with van der Waals surface area (Å²) in [6.45, 7) is 27.0. The lowest BCUT2D eigenvalue weighted by Crippen LogP contribution is -2.03. The number of benzene rings is 2. The fourth-order valence-electron chi connectivity index (χ4n) is 5.09. The van der Waals surface area contributed by atoms with Crippen molar-refractivity contribution < 1.29 is 0 Å². The normalized spacial score (nSPS) is 12.0. The molecule has 0 saturated heterocycles. The van der Waals surface area contributed by atoms with Gasteiger partial charge < -0.3 is 0 Å². The number of hydrogen-bond donors (Lipinski definition) is 0. The van der Waals surface area contributed by atoms with Crippen molar-refractivity contribution in [1.29, 1.82) is 0 Å². The Bertz CT molecular complexity index is 1080. The Morgan fingerprint density at radius 2 is 1.29 bits per heavy atom. The van der Waals surface area contributed by atoms with Crippen LogP contribution >= 0.6 is 0 Å². The third-order valence-corrected chi connectivity index (χ3v) is 7.85. The lowest BCUT2D eigenvalue weighted by molar-refractivity contribution is 0.642. The van der Waals surface area contributed by atoms with Crippen LogP contribution in [0.1, 0.15) is 104 Å². The summed E-state index contributed by atoms with van der Waals surface area (Å²) in [6.07, 6.45) is 9.92. The Labute approximate surface area is 210 Å². The zero-order valence-electron chi connectivity index (χ0n) is 23.4. The number of rotatable bonds is 9. The number of hydrogen-bond acceptors (Lipinski definition) is 0. The molecule has 0 aliphatic heterocycles. The molecule has 0 aromatic heterocycles. The van der Waals surface area contributed by atoms with E-state index in [9.17, 15) is 0 Å². The first-order valence-electron chi connectivity index (χ1n) is 12.9. The zero-order chi connectivity index (χ0) is 25.6. The van der Waals surface area contributed by atoms with E-state index in [4.69, 9.17) is 0 Å². The molecular weight excluding hydrogens is 408 g/mol. The van der Waals surface area contributed by atoms with E-state index in [0.717, 1.165) is 6.42 Å². The van der Waals surface area contributed by atoms with E-state index in [-0.39, 0.29) is 0 Å². The largest absolute Gasteiger partial charge is 0.0949 e. The maximum atomic E-state index is 4.55. The van der Waals surface area contributed by atoms with E-state index in [1.54, 1.807) is 0 Å². The predicted molar refractivity (Wildman–Crippen MR) is 155 cm³/mol. The van der Waals surface area contributed by atoms with Crippen LogP contribution in [0.5, 0.6) is 0 Å². The topological polar surface area (TPSA) is 0 Å². The minimum Gasteiger partial charge on any atom is -0.0949 e. The summed E-state index contributed by atoms with van der Waals surface area (Å²) in [5, 5.41) is 0. The second-order valence-electron chi connectivity index (χ2n) is 10.1. The lowest BCUT2D eigenvalue weighted by atomic mass is 9.83. The van der Waals surface area contributed by atoms with Crippen LogP contribution in [0.15, 0.2) is 59.7 Å². The van der Waals surface area contributed by atoms with Gasteiger partial charge in [-0.3, -0.25) is 0 Å². The van der Waals surface area contributed by atoms with Crippen LogP contribution in [-0.2, 0) is 0 Å². The second-order valence-corrected chi connectivity index (χ2v) is 10.1. The standard InChI is InChI=1S/C34H46/c1-12-31(13-2)32-19-17-30(18-20-32)16-14-15-23(5)33(22(3)4)21-24(6)34-28(10)26(8)25(7)27(9)29(34)11/h14-20,31H,6,12-13,21H2,1-5,7-11H3/b16-14+,23-15+. The summed E-state index contributed by atoms with van der Waals surface area (Å²) in [5.41, 5.74) is 16.2. The van der Waals surface area contributed by atoms with Crippen molar-refractivity contribution in [2.24, 2.45) is 0 Å². The summed E-state index contributed by atoms with van der Waals surface area (Å²) in [4.78, 5) is 0. The van der Waals surface area contributed by atoms with E-state index in [0.29, 0.717) is 5.92 Å². The fraction of sp³-hybridized carbons (Fsp3) is 0.412. The molecule has 0 unspecified atom stereocenters. The van der Waals surface area contributed by atoms with Crippen LogP contribution in [-0.4, -0.2) is 0 Å². The highest BCUT2D eigenvalue weighted by atomic mass is 14.2. The average Bonchev–Trinajstić information content (AvgIpc) is 2.81. The van der Waals surface area contributed by atoms with E-state index < -0.39 is 0 Å². The van der Waals surface area contributed by atoms with Crippen LogP contribution in [0, 0.1) is 34.6 Å². The van der Waals surface area contributed by atoms with Crippen LogP contribution in [0.25, 0.3) is 11.6 Å². The summed E-state index contributed by atoms with van der Waals surface area (Å²) in [6, 6.07) is 9.06. The van der Waals surface area contributed by atoms with Gasteiger partial charge in [0.1, 0.15) is 0 Å². The maximum absolute atomic E-state index is 4.55. The third-order valence-electron chi connectivity index (χ3n) is 7.85. The van der Waals surface area contributed by atoms with Gasteiger partial charge in [-0.2, -0.15) is 0 Å². The minimum atomic E-state index is 0.668. The van der Waals surface area contributed by atoms with Crippen molar-refractivity contribution in [3.05, 3.63) is 104 Å². The monoisotopic (exact) mass is 454 g/mol. The smallest absolute Gasteiger partial charge is 0.00235 e. The quantitative estimate of drug-likeness (QED) is 0.330. The van der Waals surface area contributed by atoms with Crippen molar-refractivity contribution in [2.45, 2.75) is 94.4 Å². The first-order valence-corrected chi connectivity index (χ1v) is 12.9. The molecule has 0 heterocycles. The van der Waals surface area contributed by atoms with Gasteiger partial charge in [-0.15, -0.1) is 0 Å². The Kier molecular flexibility index (Phi) is 9.92. The van der Waals surface area contributed by atoms with Gasteiger partial charge in [-0.1, -0.05) is 68.5 Å². The van der Waals surface area contributed by atoms with Crippen LogP contribution in [0.2, 0.25) is 0 Å². The fourth-order valence-corrected chi connectivity index (χ4v) is 5.09. The van der Waals surface area contributed by atoms with E-state index in [2.05, 4.69) is 118 Å². The van der Waals surface area contributed by atoms with Gasteiger partial charge in [0.2, 0.25) is 0 Å². The van der Waals surface area contributed by atoms with Crippen LogP contribution in [0.4, 0.5) is 0 Å². The molecule has 0 bridgehead atoms. The van der Waals surface area contributed by atoms with E-state index >= 15 is 0 Å². The average molecular weight is 455 g/mol. The van der Waals surface area contributed by atoms with Gasteiger partial charge in [0.25, 0.3) is 0 Å². The molecule has 0 nitrogen and oxygen atoms in total. The van der Waals surface area contributed by atoms with Crippen molar-refractivity contribution in [1.82, 2.24) is 0 Å².